The summed E-state index contributed by atoms with van der Waals surface area (Å²) in [5, 5.41) is 2.75. The molecule has 0 unspecified atom stereocenters. The van der Waals surface area contributed by atoms with Gasteiger partial charge < -0.3 is 10.1 Å². The number of amides is 1. The third-order valence-corrected chi connectivity index (χ3v) is 2.46. The fraction of sp³-hybridized carbons (Fsp3) is 0.889. The van der Waals surface area contributed by atoms with Crippen LogP contribution in [0.4, 0.5) is 4.79 Å². The van der Waals surface area contributed by atoms with E-state index in [0.29, 0.717) is 5.75 Å². The van der Waals surface area contributed by atoms with Gasteiger partial charge in [-0.05, 0) is 33.6 Å². The van der Waals surface area contributed by atoms with Crippen LogP contribution in [0.2, 0.25) is 0 Å². The van der Waals surface area contributed by atoms with Gasteiger partial charge >= 0.3 is 6.09 Å². The van der Waals surface area contributed by atoms with Crippen LogP contribution in [0.25, 0.3) is 0 Å². The molecule has 1 N–H and O–H groups in total. The summed E-state index contributed by atoms with van der Waals surface area (Å²) in [6.45, 7) is 5.78. The van der Waals surface area contributed by atoms with Crippen molar-refractivity contribution >= 4 is 18.7 Å². The number of ether oxygens (including phenoxy) is 1. The molecule has 0 heterocycles. The molecule has 0 radical (unpaired) electrons. The predicted molar refractivity (Wildman–Crippen MR) is 55.2 cm³/mol. The highest BCUT2D eigenvalue weighted by molar-refractivity contribution is 7.80. The molecule has 3 nitrogen and oxygen atoms in total. The lowest BCUT2D eigenvalue weighted by Crippen LogP contribution is -2.43. The molecule has 13 heavy (non-hydrogen) atoms. The van der Waals surface area contributed by atoms with E-state index in [-0.39, 0.29) is 17.2 Å². The normalized spacial score (nSPS) is 19.4. The van der Waals surface area contributed by atoms with Crippen molar-refractivity contribution in [1.29, 1.82) is 0 Å². The molecule has 0 saturated heterocycles. The highest BCUT2D eigenvalue weighted by atomic mass is 32.1. The molecule has 1 saturated carbocycles. The van der Waals surface area contributed by atoms with Crippen LogP contribution >= 0.6 is 12.6 Å². The molecule has 1 amide bonds. The van der Waals surface area contributed by atoms with Gasteiger partial charge in [-0.25, -0.2) is 4.79 Å². The summed E-state index contributed by atoms with van der Waals surface area (Å²) in [5.74, 6) is 0.616. The van der Waals surface area contributed by atoms with Gasteiger partial charge in [0.1, 0.15) is 5.60 Å². The zero-order valence-corrected chi connectivity index (χ0v) is 9.28. The van der Waals surface area contributed by atoms with E-state index in [0.717, 1.165) is 12.8 Å². The third kappa shape index (κ3) is 3.46. The first-order chi connectivity index (χ1) is 5.87. The summed E-state index contributed by atoms with van der Waals surface area (Å²) in [6.07, 6.45) is 1.54. The van der Waals surface area contributed by atoms with Crippen LogP contribution in [-0.2, 0) is 4.74 Å². The molecule has 0 spiro atoms. The molecule has 1 aliphatic rings. The highest BCUT2D eigenvalue weighted by Crippen LogP contribution is 2.40. The van der Waals surface area contributed by atoms with Crippen molar-refractivity contribution in [2.75, 3.05) is 5.75 Å². The second kappa shape index (κ2) is 3.40. The molecule has 76 valence electrons. The van der Waals surface area contributed by atoms with Crippen LogP contribution in [0.1, 0.15) is 33.6 Å². The van der Waals surface area contributed by atoms with E-state index in [2.05, 4.69) is 17.9 Å². The van der Waals surface area contributed by atoms with Crippen molar-refractivity contribution < 1.29 is 9.53 Å². The lowest BCUT2D eigenvalue weighted by molar-refractivity contribution is 0.0897. The van der Waals surface area contributed by atoms with Gasteiger partial charge in [0.15, 0.2) is 0 Å². The van der Waals surface area contributed by atoms with E-state index in [1.807, 2.05) is 20.8 Å². The summed E-state index contributed by atoms with van der Waals surface area (Å²) >= 11 is 4.14. The van der Waals surface area contributed by atoms with Gasteiger partial charge in [0.25, 0.3) is 0 Å². The Bertz CT molecular complexity index is 206. The van der Waals surface area contributed by atoms with E-state index in [1.54, 1.807) is 0 Å². The molecular formula is C9H17NO2S. The van der Waals surface area contributed by atoms with Crippen molar-refractivity contribution in [2.24, 2.45) is 0 Å². The van der Waals surface area contributed by atoms with Gasteiger partial charge in [-0.2, -0.15) is 12.6 Å². The van der Waals surface area contributed by atoms with Crippen molar-refractivity contribution in [1.82, 2.24) is 5.32 Å². The minimum Gasteiger partial charge on any atom is -0.442 e. The molecule has 4 heteroatoms. The maximum absolute atomic E-state index is 11.3. The van der Waals surface area contributed by atoms with Crippen molar-refractivity contribution in [3.63, 3.8) is 0 Å². The lowest BCUT2D eigenvalue weighted by atomic mass is 10.1. The fourth-order valence-corrected chi connectivity index (χ4v) is 1.34. The van der Waals surface area contributed by atoms with Gasteiger partial charge in [-0.1, -0.05) is 0 Å². The Labute approximate surface area is 84.6 Å². The number of hydrogen-bond donors (Lipinski definition) is 2. The van der Waals surface area contributed by atoms with Gasteiger partial charge in [-0.3, -0.25) is 0 Å². The van der Waals surface area contributed by atoms with Crippen molar-refractivity contribution in [3.8, 4) is 0 Å². The number of carbonyl (C=O) groups is 1. The molecule has 1 aliphatic carbocycles. The van der Waals surface area contributed by atoms with E-state index >= 15 is 0 Å². The van der Waals surface area contributed by atoms with Crippen LogP contribution in [-0.4, -0.2) is 23.0 Å². The average molecular weight is 203 g/mol. The summed E-state index contributed by atoms with van der Waals surface area (Å²) in [6, 6.07) is 0. The lowest BCUT2D eigenvalue weighted by Gasteiger charge is -2.22. The maximum atomic E-state index is 11.3. The Balaban J connectivity index is 2.34. The van der Waals surface area contributed by atoms with Gasteiger partial charge in [-0.15, -0.1) is 0 Å². The van der Waals surface area contributed by atoms with Crippen molar-refractivity contribution in [3.05, 3.63) is 0 Å². The first-order valence-electron chi connectivity index (χ1n) is 4.49. The Morgan fingerprint density at radius 2 is 2.08 bits per heavy atom. The largest absolute Gasteiger partial charge is 0.442 e. The predicted octanol–water partition coefficient (Wildman–Crippen LogP) is 1.97. The molecule has 0 bridgehead atoms. The maximum Gasteiger partial charge on any atom is 0.408 e. The Morgan fingerprint density at radius 1 is 1.54 bits per heavy atom. The Kier molecular flexibility index (Phi) is 2.80. The molecule has 0 aromatic rings. The third-order valence-electron chi connectivity index (χ3n) is 1.88. The quantitative estimate of drug-likeness (QED) is 0.673. The van der Waals surface area contributed by atoms with Crippen LogP contribution in [0.15, 0.2) is 0 Å². The highest BCUT2D eigenvalue weighted by Gasteiger charge is 2.45. The van der Waals surface area contributed by atoms with E-state index in [1.165, 1.54) is 0 Å². The summed E-state index contributed by atoms with van der Waals surface area (Å²) in [5.41, 5.74) is -0.498. The summed E-state index contributed by atoms with van der Waals surface area (Å²) in [4.78, 5) is 11.3. The van der Waals surface area contributed by atoms with Crippen LogP contribution in [0.5, 0.6) is 0 Å². The van der Waals surface area contributed by atoms with Gasteiger partial charge in [0.2, 0.25) is 0 Å². The smallest absolute Gasteiger partial charge is 0.408 e. The SMILES string of the molecule is CC(C)(C)NC(=O)OC1(CS)CC1. The minimum absolute atomic E-state index is 0.232. The average Bonchev–Trinajstić information content (AvgIpc) is 2.65. The van der Waals surface area contributed by atoms with Crippen molar-refractivity contribution in [2.45, 2.75) is 44.8 Å². The number of rotatable bonds is 2. The first-order valence-corrected chi connectivity index (χ1v) is 5.12. The van der Waals surface area contributed by atoms with Gasteiger partial charge in [0, 0.05) is 11.3 Å². The molecule has 1 fully saturated rings. The molecular weight excluding hydrogens is 186 g/mol. The summed E-state index contributed by atoms with van der Waals surface area (Å²) in [7, 11) is 0. The van der Waals surface area contributed by atoms with Crippen LogP contribution in [0, 0.1) is 0 Å². The molecule has 0 atom stereocenters. The second-order valence-corrected chi connectivity index (χ2v) is 4.92. The molecule has 0 aromatic heterocycles. The standard InChI is InChI=1S/C9H17NO2S/c1-8(2,3)10-7(11)12-9(6-13)4-5-9/h13H,4-6H2,1-3H3,(H,10,11). The number of thiol groups is 1. The minimum atomic E-state index is -0.334. The monoisotopic (exact) mass is 203 g/mol. The zero-order chi connectivity index (χ0) is 10.1. The molecule has 0 aliphatic heterocycles. The molecule has 0 aromatic carbocycles. The van der Waals surface area contributed by atoms with E-state index in [9.17, 15) is 4.79 Å². The Hall–Kier alpha value is -0.380. The molecule has 1 rings (SSSR count). The topological polar surface area (TPSA) is 38.3 Å². The van der Waals surface area contributed by atoms with Crippen LogP contribution < -0.4 is 5.32 Å². The number of alkyl carbamates (subject to hydrolysis) is 1. The van der Waals surface area contributed by atoms with E-state index < -0.39 is 0 Å². The number of carbonyl (C=O) groups excluding carboxylic acids is 1. The van der Waals surface area contributed by atoms with Crippen LogP contribution in [0.3, 0.4) is 0 Å². The first kappa shape index (κ1) is 10.7. The zero-order valence-electron chi connectivity index (χ0n) is 8.39. The fourth-order valence-electron chi connectivity index (χ4n) is 0.960. The second-order valence-electron chi connectivity index (χ2n) is 4.61. The Morgan fingerprint density at radius 3 is 2.38 bits per heavy atom. The number of nitrogens with one attached hydrogen (secondary N) is 1. The number of hydrogen-bond acceptors (Lipinski definition) is 3. The van der Waals surface area contributed by atoms with E-state index in [4.69, 9.17) is 4.74 Å². The summed E-state index contributed by atoms with van der Waals surface area (Å²) < 4.78 is 5.25. The van der Waals surface area contributed by atoms with Gasteiger partial charge in [0.05, 0.1) is 0 Å².